The number of allylic oxidation sites excluding steroid dienone is 1. The van der Waals surface area contributed by atoms with Crippen LogP contribution in [0.25, 0.3) is 0 Å². The third-order valence-corrected chi connectivity index (χ3v) is 17.3. The van der Waals surface area contributed by atoms with Crippen molar-refractivity contribution in [3.05, 3.63) is 12.2 Å². The van der Waals surface area contributed by atoms with E-state index in [4.69, 9.17) is 4.74 Å². The molecule has 8 heteroatoms. The van der Waals surface area contributed by atoms with Gasteiger partial charge in [0.1, 0.15) is 6.10 Å². The predicted molar refractivity (Wildman–Crippen MR) is 214 cm³/mol. The molecule has 0 aromatic rings. The average molecular weight is 753 g/mol. The molecule has 5 rings (SSSR count). The van der Waals surface area contributed by atoms with Crippen LogP contribution in [-0.4, -0.2) is 47.6 Å². The Morgan fingerprint density at radius 2 is 1.56 bits per heavy atom. The first-order valence-electron chi connectivity index (χ1n) is 21.7. The number of rotatable bonds is 14. The number of carbonyl (C=O) groups excluding carboxylic acids is 3. The zero-order valence-electron chi connectivity index (χ0n) is 35.8. The van der Waals surface area contributed by atoms with Gasteiger partial charge in [0.25, 0.3) is 0 Å². The summed E-state index contributed by atoms with van der Waals surface area (Å²) in [5.74, 6) is 1.07. The van der Waals surface area contributed by atoms with E-state index in [-0.39, 0.29) is 57.5 Å². The zero-order valence-corrected chi connectivity index (χ0v) is 35.8. The summed E-state index contributed by atoms with van der Waals surface area (Å²) in [6.07, 6.45) is 15.1. The maximum atomic E-state index is 14.5. The molecule has 0 aromatic heterocycles. The van der Waals surface area contributed by atoms with Crippen LogP contribution in [0.4, 0.5) is 0 Å². The summed E-state index contributed by atoms with van der Waals surface area (Å²) >= 11 is 0. The molecule has 0 radical (unpaired) electrons. The largest absolute Gasteiger partial charge is 0.481 e. The lowest BCUT2D eigenvalue weighted by molar-refractivity contribution is -0.249. The monoisotopic (exact) mass is 753 g/mol. The highest BCUT2D eigenvalue weighted by Gasteiger charge is 2.72. The van der Waals surface area contributed by atoms with Crippen LogP contribution < -0.4 is 10.6 Å². The number of ether oxygens (including phenoxy) is 1. The molecule has 54 heavy (non-hydrogen) atoms. The molecule has 11 atom stereocenters. The Morgan fingerprint density at radius 1 is 0.852 bits per heavy atom. The van der Waals surface area contributed by atoms with E-state index in [2.05, 4.69) is 65.7 Å². The van der Waals surface area contributed by atoms with Crippen molar-refractivity contribution in [3.63, 3.8) is 0 Å². The molecular formula is C46H76N2O6. The highest BCUT2D eigenvalue weighted by atomic mass is 16.5. The molecule has 3 N–H and O–H groups in total. The van der Waals surface area contributed by atoms with Crippen LogP contribution in [0.15, 0.2) is 12.2 Å². The Bertz CT molecular complexity index is 1450. The fourth-order valence-electron chi connectivity index (χ4n) is 14.1. The molecule has 5 saturated carbocycles. The number of carboxylic acid groups (broad SMARTS) is 1. The van der Waals surface area contributed by atoms with Gasteiger partial charge in [-0.25, -0.2) is 0 Å². The second-order valence-corrected chi connectivity index (χ2v) is 21.0. The van der Waals surface area contributed by atoms with E-state index in [1.54, 1.807) is 20.8 Å². The van der Waals surface area contributed by atoms with Crippen molar-refractivity contribution >= 4 is 23.8 Å². The number of hydrogen-bond donors (Lipinski definition) is 3. The minimum Gasteiger partial charge on any atom is -0.481 e. The lowest BCUT2D eigenvalue weighted by Gasteiger charge is -2.72. The Balaban J connectivity index is 1.30. The number of carbonyl (C=O) groups is 4. The molecule has 5 aliphatic carbocycles. The Morgan fingerprint density at radius 3 is 2.19 bits per heavy atom. The van der Waals surface area contributed by atoms with Crippen molar-refractivity contribution in [2.24, 2.45) is 62.1 Å². The van der Waals surface area contributed by atoms with Crippen LogP contribution >= 0.6 is 0 Å². The molecule has 0 saturated heterocycles. The Kier molecular flexibility index (Phi) is 12.3. The number of nitrogens with one attached hydrogen (secondary N) is 2. The van der Waals surface area contributed by atoms with Gasteiger partial charge in [0, 0.05) is 24.9 Å². The number of hydrogen-bond acceptors (Lipinski definition) is 5. The third-order valence-electron chi connectivity index (χ3n) is 17.3. The van der Waals surface area contributed by atoms with Gasteiger partial charge in [-0.3, -0.25) is 19.2 Å². The molecular weight excluding hydrogens is 677 g/mol. The van der Waals surface area contributed by atoms with Crippen molar-refractivity contribution in [1.82, 2.24) is 10.6 Å². The van der Waals surface area contributed by atoms with Crippen LogP contribution in [-0.2, 0) is 23.9 Å². The molecule has 0 aliphatic heterocycles. The molecule has 0 heterocycles. The van der Waals surface area contributed by atoms with Crippen LogP contribution in [0, 0.1) is 62.1 Å². The van der Waals surface area contributed by atoms with E-state index >= 15 is 0 Å². The lowest BCUT2D eigenvalue weighted by atomic mass is 9.32. The van der Waals surface area contributed by atoms with Gasteiger partial charge in [0.05, 0.1) is 17.3 Å². The highest BCUT2D eigenvalue weighted by molar-refractivity contribution is 5.84. The number of esters is 1. The smallest absolute Gasteiger partial charge is 0.309 e. The Hall–Kier alpha value is -2.38. The molecule has 0 bridgehead atoms. The molecule has 5 fully saturated rings. The second-order valence-electron chi connectivity index (χ2n) is 21.0. The van der Waals surface area contributed by atoms with E-state index in [1.807, 2.05) is 0 Å². The first-order chi connectivity index (χ1) is 25.1. The van der Waals surface area contributed by atoms with E-state index in [9.17, 15) is 24.3 Å². The molecule has 8 nitrogen and oxygen atoms in total. The number of fused-ring (bicyclic) bond motifs is 7. The number of unbranched alkanes of at least 4 members (excludes halogenated alkanes) is 2. The normalized spacial score (nSPS) is 38.8. The van der Waals surface area contributed by atoms with Crippen molar-refractivity contribution in [3.8, 4) is 0 Å². The summed E-state index contributed by atoms with van der Waals surface area (Å²) in [5.41, 5.74) is -0.0680. The van der Waals surface area contributed by atoms with Crippen LogP contribution in [0.1, 0.15) is 172 Å². The molecule has 5 aliphatic rings. The van der Waals surface area contributed by atoms with Gasteiger partial charge in [-0.05, 0) is 150 Å². The summed E-state index contributed by atoms with van der Waals surface area (Å²) in [6.45, 7) is 26.7. The van der Waals surface area contributed by atoms with Crippen LogP contribution in [0.2, 0.25) is 0 Å². The third kappa shape index (κ3) is 7.32. The molecule has 0 aromatic carbocycles. The topological polar surface area (TPSA) is 122 Å². The first-order valence-corrected chi connectivity index (χ1v) is 21.7. The van der Waals surface area contributed by atoms with E-state index in [1.165, 1.54) is 12.0 Å². The summed E-state index contributed by atoms with van der Waals surface area (Å²) in [5, 5.41) is 16.1. The van der Waals surface area contributed by atoms with Gasteiger partial charge in [0.15, 0.2) is 0 Å². The van der Waals surface area contributed by atoms with E-state index in [0.717, 1.165) is 89.9 Å². The van der Waals surface area contributed by atoms with Crippen molar-refractivity contribution in [1.29, 1.82) is 0 Å². The first kappa shape index (κ1) is 42.8. The van der Waals surface area contributed by atoms with Crippen molar-refractivity contribution in [2.75, 3.05) is 6.54 Å². The SMILES string of the molecule is C=C(C)[C@@H]1CC[C@]2(C(=O)NCCCCCC(CC)NC(C)=O)CC[C@]3(C)[C@H](CC[C@@H]4[C@@]5(C)CC[C@H](OC(=O)CC(C)(C)C(=O)O)C(C)(C)[C@@H]5CC[C@]43C)[C@@H]12. The standard InChI is InChI=1S/C46H76N2O6/c1-12-31(48-30(4)49)16-14-13-15-27-47-39(51)46-24-19-32(29(2)3)38(46)33-17-18-35-43(9)22-21-36(54-37(50)28-41(5,6)40(52)53)42(7,8)34(43)20-23-45(35,11)44(33,10)25-26-46/h31-36,38H,2,12-28H2,1,3-11H3,(H,47,51)(H,48,49)(H,52,53)/t31?,32-,33+,34-,35+,36-,38+,43-,44+,45+,46-/m0/s1. The average Bonchev–Trinajstić information content (AvgIpc) is 3.48. The van der Waals surface area contributed by atoms with Crippen LogP contribution in [0.5, 0.6) is 0 Å². The van der Waals surface area contributed by atoms with Gasteiger partial charge >= 0.3 is 11.9 Å². The molecule has 2 amide bonds. The minimum atomic E-state index is -1.15. The van der Waals surface area contributed by atoms with Crippen molar-refractivity contribution < 1.29 is 29.0 Å². The van der Waals surface area contributed by atoms with E-state index in [0.29, 0.717) is 36.1 Å². The second kappa shape index (κ2) is 15.5. The Labute approximate surface area is 327 Å². The summed E-state index contributed by atoms with van der Waals surface area (Å²) < 4.78 is 6.18. The predicted octanol–water partition coefficient (Wildman–Crippen LogP) is 9.65. The lowest BCUT2D eigenvalue weighted by Crippen LogP contribution is -2.67. The van der Waals surface area contributed by atoms with E-state index < -0.39 is 17.4 Å². The summed E-state index contributed by atoms with van der Waals surface area (Å²) in [7, 11) is 0. The maximum absolute atomic E-state index is 14.5. The molecule has 306 valence electrons. The van der Waals surface area contributed by atoms with Gasteiger partial charge in [-0.2, -0.15) is 0 Å². The minimum absolute atomic E-state index is 0.0352. The molecule has 0 spiro atoms. The number of aliphatic carboxylic acids is 1. The summed E-state index contributed by atoms with van der Waals surface area (Å²) in [4.78, 5) is 50.9. The number of amides is 2. The maximum Gasteiger partial charge on any atom is 0.309 e. The fourth-order valence-corrected chi connectivity index (χ4v) is 14.1. The van der Waals surface area contributed by atoms with Crippen LogP contribution in [0.3, 0.4) is 0 Å². The zero-order chi connectivity index (χ0) is 40.1. The fraction of sp³-hybridized carbons (Fsp3) is 0.870. The highest BCUT2D eigenvalue weighted by Crippen LogP contribution is 2.77. The van der Waals surface area contributed by atoms with Gasteiger partial charge in [0.2, 0.25) is 11.8 Å². The number of carboxylic acids is 1. The molecule has 1 unspecified atom stereocenters. The van der Waals surface area contributed by atoms with Crippen molar-refractivity contribution in [2.45, 2.75) is 184 Å². The van der Waals surface area contributed by atoms with Gasteiger partial charge in [-0.1, -0.05) is 66.5 Å². The van der Waals surface area contributed by atoms with Gasteiger partial charge < -0.3 is 20.5 Å². The van der Waals surface area contributed by atoms with Gasteiger partial charge in [-0.15, -0.1) is 0 Å². The quantitative estimate of drug-likeness (QED) is 0.0923. The summed E-state index contributed by atoms with van der Waals surface area (Å²) in [6, 6.07) is 0.233.